The lowest BCUT2D eigenvalue weighted by Crippen LogP contribution is -2.26. The van der Waals surface area contributed by atoms with E-state index in [1.165, 1.54) is 16.7 Å². The first-order valence-corrected chi connectivity index (χ1v) is 7.65. The van der Waals surface area contributed by atoms with Gasteiger partial charge in [0.05, 0.1) is 0 Å². The van der Waals surface area contributed by atoms with Crippen molar-refractivity contribution in [3.05, 3.63) is 70.8 Å². The average molecular weight is 278 g/mol. The van der Waals surface area contributed by atoms with Gasteiger partial charge in [-0.1, -0.05) is 69.3 Å². The van der Waals surface area contributed by atoms with Gasteiger partial charge in [0, 0.05) is 12.3 Å². The number of rotatable bonds is 3. The summed E-state index contributed by atoms with van der Waals surface area (Å²) in [5.41, 5.74) is 5.16. The molecule has 108 valence electrons. The van der Waals surface area contributed by atoms with Crippen LogP contribution in [0.1, 0.15) is 48.9 Å². The lowest BCUT2D eigenvalue weighted by Gasteiger charge is -2.29. The molecule has 1 heteroatoms. The highest BCUT2D eigenvalue weighted by molar-refractivity contribution is 5.90. The van der Waals surface area contributed by atoms with Gasteiger partial charge in [-0.05, 0) is 34.1 Å². The quantitative estimate of drug-likeness (QED) is 0.811. The molecule has 2 aromatic carbocycles. The second-order valence-corrected chi connectivity index (χ2v) is 7.05. The van der Waals surface area contributed by atoms with E-state index < -0.39 is 0 Å². The maximum atomic E-state index is 12.4. The van der Waals surface area contributed by atoms with Gasteiger partial charge in [-0.2, -0.15) is 0 Å². The first kappa shape index (κ1) is 14.1. The summed E-state index contributed by atoms with van der Waals surface area (Å²) in [4.78, 5) is 12.4. The van der Waals surface area contributed by atoms with E-state index >= 15 is 0 Å². The Balaban J connectivity index is 1.69. The molecular weight excluding hydrogens is 256 g/mol. The molecule has 0 bridgehead atoms. The van der Waals surface area contributed by atoms with Crippen LogP contribution in [0.25, 0.3) is 0 Å². The molecule has 0 aromatic heterocycles. The molecule has 1 nitrogen and oxygen atoms in total. The van der Waals surface area contributed by atoms with E-state index in [4.69, 9.17) is 0 Å². The van der Waals surface area contributed by atoms with Crippen LogP contribution in [0.3, 0.4) is 0 Å². The summed E-state index contributed by atoms with van der Waals surface area (Å²) in [5, 5.41) is 0. The molecule has 0 N–H and O–H groups in total. The van der Waals surface area contributed by atoms with Gasteiger partial charge in [0.15, 0.2) is 0 Å². The van der Waals surface area contributed by atoms with Gasteiger partial charge in [0.1, 0.15) is 5.78 Å². The number of hydrogen-bond acceptors (Lipinski definition) is 1. The molecule has 0 spiro atoms. The lowest BCUT2D eigenvalue weighted by molar-refractivity contribution is -0.120. The van der Waals surface area contributed by atoms with E-state index in [0.29, 0.717) is 12.2 Å². The molecule has 21 heavy (non-hydrogen) atoms. The van der Waals surface area contributed by atoms with Crippen LogP contribution in [0.5, 0.6) is 0 Å². The Hall–Kier alpha value is -1.89. The van der Waals surface area contributed by atoms with Crippen LogP contribution in [0.2, 0.25) is 0 Å². The predicted molar refractivity (Wildman–Crippen MR) is 86.7 cm³/mol. The van der Waals surface area contributed by atoms with Crippen molar-refractivity contribution >= 4 is 5.78 Å². The summed E-state index contributed by atoms with van der Waals surface area (Å²) in [7, 11) is 0. The van der Waals surface area contributed by atoms with Gasteiger partial charge in [0.25, 0.3) is 0 Å². The molecule has 0 radical (unpaired) electrons. The first-order valence-electron chi connectivity index (χ1n) is 7.65. The Kier molecular flexibility index (Phi) is 3.44. The largest absolute Gasteiger partial charge is 0.299 e. The Morgan fingerprint density at radius 3 is 2.33 bits per heavy atom. The van der Waals surface area contributed by atoms with Gasteiger partial charge in [-0.25, -0.2) is 0 Å². The topological polar surface area (TPSA) is 17.1 Å². The summed E-state index contributed by atoms with van der Waals surface area (Å²) >= 11 is 0. The van der Waals surface area contributed by atoms with Crippen LogP contribution in [0.4, 0.5) is 0 Å². The molecule has 0 amide bonds. The van der Waals surface area contributed by atoms with Crippen molar-refractivity contribution in [2.75, 3.05) is 0 Å². The third-order valence-corrected chi connectivity index (χ3v) is 4.44. The molecule has 0 heterocycles. The maximum Gasteiger partial charge on any atom is 0.145 e. The standard InChI is InChI=1S/C20H22O/c1-20(2,3)16-10-8-14(9-11-16)12-19(21)18-13-15-6-4-5-7-17(15)18/h4-11,18H,12-13H2,1-3H3. The van der Waals surface area contributed by atoms with Crippen LogP contribution >= 0.6 is 0 Å². The first-order chi connectivity index (χ1) is 9.95. The van der Waals surface area contributed by atoms with Crippen molar-refractivity contribution in [2.45, 2.75) is 44.9 Å². The fourth-order valence-corrected chi connectivity index (χ4v) is 2.99. The zero-order valence-corrected chi connectivity index (χ0v) is 13.0. The summed E-state index contributed by atoms with van der Waals surface area (Å²) in [5.74, 6) is 0.459. The van der Waals surface area contributed by atoms with Crippen LogP contribution in [0.15, 0.2) is 48.5 Å². The van der Waals surface area contributed by atoms with E-state index in [1.54, 1.807) is 0 Å². The highest BCUT2D eigenvalue weighted by atomic mass is 16.1. The van der Waals surface area contributed by atoms with Gasteiger partial charge in [-0.3, -0.25) is 4.79 Å². The molecule has 3 rings (SSSR count). The van der Waals surface area contributed by atoms with Crippen LogP contribution in [-0.4, -0.2) is 5.78 Å². The number of Topliss-reactive ketones (excluding diaryl/α,β-unsaturated/α-hetero) is 1. The molecule has 1 aliphatic carbocycles. The summed E-state index contributed by atoms with van der Waals surface area (Å²) in [6.45, 7) is 6.62. The SMILES string of the molecule is CC(C)(C)c1ccc(CC(=O)C2Cc3ccccc32)cc1. The number of benzene rings is 2. The monoisotopic (exact) mass is 278 g/mol. The number of hydrogen-bond donors (Lipinski definition) is 0. The third kappa shape index (κ3) is 2.78. The Morgan fingerprint density at radius 2 is 1.71 bits per heavy atom. The molecular formula is C20H22O. The molecule has 1 unspecified atom stereocenters. The second-order valence-electron chi connectivity index (χ2n) is 7.05. The van der Waals surface area contributed by atoms with E-state index in [0.717, 1.165) is 12.0 Å². The number of carbonyl (C=O) groups excluding carboxylic acids is 1. The van der Waals surface area contributed by atoms with Crippen LogP contribution in [0, 0.1) is 0 Å². The van der Waals surface area contributed by atoms with Crippen molar-refractivity contribution in [1.29, 1.82) is 0 Å². The van der Waals surface area contributed by atoms with Gasteiger partial charge >= 0.3 is 0 Å². The number of ketones is 1. The number of fused-ring (bicyclic) bond motifs is 1. The Labute approximate surface area is 127 Å². The van der Waals surface area contributed by atoms with Crippen molar-refractivity contribution in [3.63, 3.8) is 0 Å². The normalized spacial score (nSPS) is 17.0. The van der Waals surface area contributed by atoms with E-state index in [9.17, 15) is 4.79 Å². The zero-order valence-electron chi connectivity index (χ0n) is 13.0. The van der Waals surface area contributed by atoms with E-state index in [1.807, 2.05) is 12.1 Å². The fourth-order valence-electron chi connectivity index (χ4n) is 2.99. The smallest absolute Gasteiger partial charge is 0.145 e. The van der Waals surface area contributed by atoms with E-state index in [-0.39, 0.29) is 11.3 Å². The summed E-state index contributed by atoms with van der Waals surface area (Å²) < 4.78 is 0. The zero-order chi connectivity index (χ0) is 15.0. The molecule has 0 aliphatic heterocycles. The molecule has 0 fully saturated rings. The van der Waals surface area contributed by atoms with Crippen molar-refractivity contribution in [3.8, 4) is 0 Å². The van der Waals surface area contributed by atoms with Crippen LogP contribution < -0.4 is 0 Å². The predicted octanol–water partition coefficient (Wildman–Crippen LogP) is 4.44. The van der Waals surface area contributed by atoms with Crippen molar-refractivity contribution < 1.29 is 4.79 Å². The number of carbonyl (C=O) groups is 1. The summed E-state index contributed by atoms with van der Waals surface area (Å²) in [6, 6.07) is 16.8. The van der Waals surface area contributed by atoms with Crippen LogP contribution in [-0.2, 0) is 23.1 Å². The molecule has 0 saturated carbocycles. The van der Waals surface area contributed by atoms with E-state index in [2.05, 4.69) is 57.2 Å². The second kappa shape index (κ2) is 5.14. The fraction of sp³-hybridized carbons (Fsp3) is 0.350. The Bertz CT molecular complexity index is 659. The highest BCUT2D eigenvalue weighted by Gasteiger charge is 2.31. The van der Waals surface area contributed by atoms with Gasteiger partial charge < -0.3 is 0 Å². The minimum absolute atomic E-state index is 0.114. The lowest BCUT2D eigenvalue weighted by atomic mass is 9.74. The molecule has 1 atom stereocenters. The van der Waals surface area contributed by atoms with Gasteiger partial charge in [0.2, 0.25) is 0 Å². The minimum atomic E-state index is 0.114. The van der Waals surface area contributed by atoms with Crippen molar-refractivity contribution in [2.24, 2.45) is 0 Å². The molecule has 1 aliphatic rings. The van der Waals surface area contributed by atoms with Gasteiger partial charge in [-0.15, -0.1) is 0 Å². The highest BCUT2D eigenvalue weighted by Crippen LogP contribution is 2.36. The van der Waals surface area contributed by atoms with Crippen molar-refractivity contribution in [1.82, 2.24) is 0 Å². The molecule has 2 aromatic rings. The average Bonchev–Trinajstić information content (AvgIpc) is 2.40. The maximum absolute atomic E-state index is 12.4. The minimum Gasteiger partial charge on any atom is -0.299 e. The molecule has 0 saturated heterocycles. The summed E-state index contributed by atoms with van der Waals surface area (Å²) in [6.07, 6.45) is 1.46. The third-order valence-electron chi connectivity index (χ3n) is 4.44. The Morgan fingerprint density at radius 1 is 1.05 bits per heavy atom.